The van der Waals surface area contributed by atoms with Gasteiger partial charge >= 0.3 is 5.97 Å². The summed E-state index contributed by atoms with van der Waals surface area (Å²) in [4.78, 5) is 23.2. The average molecular weight is 436 g/mol. The summed E-state index contributed by atoms with van der Waals surface area (Å²) in [7, 11) is 0. The summed E-state index contributed by atoms with van der Waals surface area (Å²) in [5, 5.41) is 12.0. The van der Waals surface area contributed by atoms with Crippen molar-refractivity contribution in [3.63, 3.8) is 0 Å². The van der Waals surface area contributed by atoms with E-state index in [0.717, 1.165) is 25.3 Å². The molecule has 0 saturated carbocycles. The molecule has 0 aliphatic rings. The molecule has 0 fully saturated rings. The summed E-state index contributed by atoms with van der Waals surface area (Å²) in [6.07, 6.45) is 7.88. The highest BCUT2D eigenvalue weighted by Gasteiger charge is 2.25. The van der Waals surface area contributed by atoms with Gasteiger partial charge in [-0.1, -0.05) is 48.9 Å². The molecule has 0 heterocycles. The van der Waals surface area contributed by atoms with Crippen LogP contribution in [0.4, 0.5) is 5.69 Å². The van der Waals surface area contributed by atoms with E-state index in [4.69, 9.17) is 39.1 Å². The molecule has 0 radical (unpaired) electrons. The lowest BCUT2D eigenvalue weighted by Gasteiger charge is -2.13. The maximum absolute atomic E-state index is 12.6. The summed E-state index contributed by atoms with van der Waals surface area (Å²) < 4.78 is 10.9. The van der Waals surface area contributed by atoms with Crippen molar-refractivity contribution in [2.24, 2.45) is 0 Å². The number of carbonyl (C=O) groups excluding carboxylic acids is 1. The molecular weight excluding hydrogens is 417 g/mol. The normalized spacial score (nSPS) is 11.4. The van der Waals surface area contributed by atoms with E-state index in [1.54, 1.807) is 12.1 Å². The number of benzene rings is 2. The van der Waals surface area contributed by atoms with E-state index in [-0.39, 0.29) is 22.1 Å². The smallest absolute Gasteiger partial charge is 0.346 e. The van der Waals surface area contributed by atoms with Gasteiger partial charge in [0.2, 0.25) is 0 Å². The zero-order valence-corrected chi connectivity index (χ0v) is 17.2. The maximum atomic E-state index is 12.6. The van der Waals surface area contributed by atoms with E-state index >= 15 is 0 Å². The Kier molecular flexibility index (Phi) is 8.32. The highest BCUT2D eigenvalue weighted by atomic mass is 35.5. The minimum absolute atomic E-state index is 0.176. The van der Waals surface area contributed by atoms with Crippen LogP contribution in [0.15, 0.2) is 36.4 Å². The van der Waals surface area contributed by atoms with Gasteiger partial charge in [-0.15, -0.1) is 6.42 Å². The van der Waals surface area contributed by atoms with Crippen LogP contribution in [0.1, 0.15) is 43.0 Å². The number of terminal acetylenes is 1. The highest BCUT2D eigenvalue weighted by Crippen LogP contribution is 2.33. The van der Waals surface area contributed by atoms with Crippen molar-refractivity contribution >= 4 is 34.9 Å². The predicted molar refractivity (Wildman–Crippen MR) is 112 cm³/mol. The average Bonchev–Trinajstić information content (AvgIpc) is 2.69. The molecule has 0 N–H and O–H groups in total. The van der Waals surface area contributed by atoms with Gasteiger partial charge in [0.15, 0.2) is 6.10 Å². The van der Waals surface area contributed by atoms with Crippen molar-refractivity contribution in [2.45, 2.75) is 38.7 Å². The largest absolute Gasteiger partial charge is 0.456 e. The third kappa shape index (κ3) is 6.38. The predicted octanol–water partition coefficient (Wildman–Crippen LogP) is 6.43. The molecule has 1 unspecified atom stereocenters. The lowest BCUT2D eigenvalue weighted by Crippen LogP contribution is -2.17. The van der Waals surface area contributed by atoms with Crippen molar-refractivity contribution in [3.05, 3.63) is 62.1 Å². The molecule has 152 valence electrons. The van der Waals surface area contributed by atoms with Crippen LogP contribution in [-0.4, -0.2) is 17.0 Å². The quantitative estimate of drug-likeness (QED) is 0.149. The Morgan fingerprint density at radius 2 is 2.00 bits per heavy atom. The molecule has 0 aliphatic heterocycles. The molecule has 2 aromatic carbocycles. The summed E-state index contributed by atoms with van der Waals surface area (Å²) in [6.45, 7) is 2.04. The molecule has 2 rings (SSSR count). The second-order valence-corrected chi connectivity index (χ2v) is 7.01. The van der Waals surface area contributed by atoms with Gasteiger partial charge in [-0.25, -0.2) is 4.79 Å². The second-order valence-electron chi connectivity index (χ2n) is 6.17. The number of rotatable bonds is 9. The fraction of sp³-hybridized carbons (Fsp3) is 0.286. The molecular formula is C21H19Cl2NO5. The number of unbranched alkanes of at least 4 members (excludes halogenated alkanes) is 2. The third-order valence-electron chi connectivity index (χ3n) is 4.01. The maximum Gasteiger partial charge on any atom is 0.346 e. The Hall–Kier alpha value is -2.75. The van der Waals surface area contributed by atoms with Crippen molar-refractivity contribution in [3.8, 4) is 23.8 Å². The van der Waals surface area contributed by atoms with Crippen LogP contribution in [0.5, 0.6) is 11.5 Å². The van der Waals surface area contributed by atoms with Gasteiger partial charge in [-0.2, -0.15) is 0 Å². The van der Waals surface area contributed by atoms with Gasteiger partial charge in [0.1, 0.15) is 17.1 Å². The molecule has 0 bridgehead atoms. The summed E-state index contributed by atoms with van der Waals surface area (Å²) in [5.41, 5.74) is -0.665. The first kappa shape index (κ1) is 22.5. The van der Waals surface area contributed by atoms with E-state index in [2.05, 4.69) is 5.92 Å². The van der Waals surface area contributed by atoms with E-state index in [1.165, 1.54) is 18.2 Å². The lowest BCUT2D eigenvalue weighted by molar-refractivity contribution is -0.385. The Morgan fingerprint density at radius 3 is 2.62 bits per heavy atom. The molecule has 0 spiro atoms. The van der Waals surface area contributed by atoms with Gasteiger partial charge in [0.25, 0.3) is 5.69 Å². The van der Waals surface area contributed by atoms with Crippen LogP contribution in [-0.2, 0) is 4.74 Å². The van der Waals surface area contributed by atoms with Crippen LogP contribution in [0.3, 0.4) is 0 Å². The van der Waals surface area contributed by atoms with Crippen LogP contribution >= 0.6 is 23.2 Å². The van der Waals surface area contributed by atoms with Crippen molar-refractivity contribution in [1.82, 2.24) is 0 Å². The van der Waals surface area contributed by atoms with Crippen molar-refractivity contribution in [1.29, 1.82) is 0 Å². The van der Waals surface area contributed by atoms with Crippen molar-refractivity contribution in [2.75, 3.05) is 0 Å². The van der Waals surface area contributed by atoms with Crippen LogP contribution in [0, 0.1) is 22.5 Å². The van der Waals surface area contributed by atoms with Crippen LogP contribution in [0.2, 0.25) is 10.0 Å². The zero-order valence-electron chi connectivity index (χ0n) is 15.7. The summed E-state index contributed by atoms with van der Waals surface area (Å²) in [6, 6.07) is 8.37. The minimum atomic E-state index is -0.885. The minimum Gasteiger partial charge on any atom is -0.456 e. The number of esters is 1. The van der Waals surface area contributed by atoms with E-state index in [9.17, 15) is 14.9 Å². The number of hydrogen-bond donors (Lipinski definition) is 0. The third-order valence-corrected chi connectivity index (χ3v) is 4.54. The van der Waals surface area contributed by atoms with Gasteiger partial charge in [-0.3, -0.25) is 10.1 Å². The lowest BCUT2D eigenvalue weighted by atomic mass is 10.1. The monoisotopic (exact) mass is 435 g/mol. The fourth-order valence-corrected chi connectivity index (χ4v) is 2.98. The molecule has 0 amide bonds. The van der Waals surface area contributed by atoms with E-state index in [1.807, 2.05) is 6.92 Å². The Bertz CT molecular complexity index is 939. The van der Waals surface area contributed by atoms with Crippen LogP contribution in [0.25, 0.3) is 0 Å². The second kappa shape index (κ2) is 10.7. The first-order chi connectivity index (χ1) is 13.8. The van der Waals surface area contributed by atoms with Crippen LogP contribution < -0.4 is 4.74 Å². The van der Waals surface area contributed by atoms with E-state index < -0.39 is 22.7 Å². The molecule has 0 saturated heterocycles. The topological polar surface area (TPSA) is 78.7 Å². The van der Waals surface area contributed by atoms with Gasteiger partial charge in [0.05, 0.1) is 9.95 Å². The number of halogens is 2. The standard InChI is InChI=1S/C21H19Cl2NO5/c1-3-5-6-7-15(4-2)29-21(25)17-13-16(9-10-19(17)24(26)27)28-20-11-8-14(22)12-18(20)23/h2,8-13,15H,3,5-7H2,1H3. The number of nitrogens with zero attached hydrogens (tertiary/aromatic N) is 1. The van der Waals surface area contributed by atoms with Crippen molar-refractivity contribution < 1.29 is 19.2 Å². The number of nitro benzene ring substituents is 1. The van der Waals surface area contributed by atoms with E-state index in [0.29, 0.717) is 11.4 Å². The molecule has 29 heavy (non-hydrogen) atoms. The molecule has 8 heteroatoms. The van der Waals surface area contributed by atoms with Gasteiger partial charge in [-0.05, 0) is 37.1 Å². The molecule has 0 aromatic heterocycles. The molecule has 0 aliphatic carbocycles. The molecule has 6 nitrogen and oxygen atoms in total. The number of nitro groups is 1. The number of carbonyl (C=O) groups is 1. The Labute approximate surface area is 178 Å². The van der Waals surface area contributed by atoms with Gasteiger partial charge < -0.3 is 9.47 Å². The Morgan fingerprint density at radius 1 is 1.24 bits per heavy atom. The molecule has 2 aromatic rings. The first-order valence-corrected chi connectivity index (χ1v) is 9.69. The molecule has 1 atom stereocenters. The Balaban J connectivity index is 2.26. The highest BCUT2D eigenvalue weighted by molar-refractivity contribution is 6.35. The summed E-state index contributed by atoms with van der Waals surface area (Å²) in [5.74, 6) is 1.98. The number of hydrogen-bond acceptors (Lipinski definition) is 5. The van der Waals surface area contributed by atoms with Gasteiger partial charge in [0, 0.05) is 17.2 Å². The summed E-state index contributed by atoms with van der Waals surface area (Å²) >= 11 is 11.9. The zero-order chi connectivity index (χ0) is 21.4. The fourth-order valence-electron chi connectivity index (χ4n) is 2.53. The first-order valence-electron chi connectivity index (χ1n) is 8.94. The number of ether oxygens (including phenoxy) is 2. The SMILES string of the molecule is C#CC(CCCCC)OC(=O)c1cc(Oc2ccc(Cl)cc2Cl)ccc1[N+](=O)[O-].